The van der Waals surface area contributed by atoms with Crippen molar-refractivity contribution in [3.05, 3.63) is 53.6 Å². The van der Waals surface area contributed by atoms with Crippen LogP contribution in [0.2, 0.25) is 0 Å². The molecule has 2 N–H and O–H groups in total. The molecule has 8 heteroatoms. The van der Waals surface area contributed by atoms with Crippen molar-refractivity contribution < 1.29 is 23.0 Å². The van der Waals surface area contributed by atoms with Crippen molar-refractivity contribution in [2.24, 2.45) is 4.99 Å². The fraction of sp³-hybridized carbons (Fsp3) is 0.350. The van der Waals surface area contributed by atoms with Gasteiger partial charge in [0.05, 0.1) is 6.54 Å². The average molecular weight is 391 g/mol. The van der Waals surface area contributed by atoms with E-state index in [4.69, 9.17) is 9.47 Å². The first-order valence-electron chi connectivity index (χ1n) is 8.92. The van der Waals surface area contributed by atoms with Crippen LogP contribution < -0.4 is 24.8 Å². The number of para-hydroxylation sites is 2. The van der Waals surface area contributed by atoms with Crippen molar-refractivity contribution in [3.8, 4) is 17.2 Å². The number of guanidine groups is 1. The summed E-state index contributed by atoms with van der Waals surface area (Å²) in [6, 6.07) is 12.6. The average Bonchev–Trinajstić information content (AvgIpc) is 2.69. The zero-order valence-electron chi connectivity index (χ0n) is 15.7. The SMILES string of the molecule is CN=C(NCc1cc(C)ccc1OC(F)F)NCC1COc2ccccc2O1. The highest BCUT2D eigenvalue weighted by molar-refractivity contribution is 5.79. The minimum atomic E-state index is -2.87. The summed E-state index contributed by atoms with van der Waals surface area (Å²) in [5.74, 6) is 2.10. The Labute approximate surface area is 162 Å². The molecule has 1 atom stereocenters. The summed E-state index contributed by atoms with van der Waals surface area (Å²) in [5, 5.41) is 6.26. The van der Waals surface area contributed by atoms with Gasteiger partial charge in [0, 0.05) is 19.2 Å². The Balaban J connectivity index is 1.54. The molecule has 1 aliphatic rings. The van der Waals surface area contributed by atoms with Gasteiger partial charge in [0.25, 0.3) is 0 Å². The molecule has 0 fully saturated rings. The van der Waals surface area contributed by atoms with Crippen molar-refractivity contribution in [1.29, 1.82) is 0 Å². The fourth-order valence-electron chi connectivity index (χ4n) is 2.83. The Kier molecular flexibility index (Phi) is 6.52. The zero-order chi connectivity index (χ0) is 19.9. The molecule has 6 nitrogen and oxygen atoms in total. The number of benzene rings is 2. The van der Waals surface area contributed by atoms with Crippen molar-refractivity contribution in [1.82, 2.24) is 10.6 Å². The second kappa shape index (κ2) is 9.25. The molecule has 3 rings (SSSR count). The normalized spacial score (nSPS) is 16.0. The summed E-state index contributed by atoms with van der Waals surface area (Å²) in [4.78, 5) is 4.15. The maximum Gasteiger partial charge on any atom is 0.387 e. The standard InChI is InChI=1S/C20H23F2N3O3/c1-13-7-8-16(28-19(21)22)14(9-13)10-24-20(23-2)25-11-15-12-26-17-5-3-4-6-18(17)27-15/h3-9,15,19H,10-12H2,1-2H3,(H2,23,24,25). The first-order chi connectivity index (χ1) is 13.5. The van der Waals surface area contributed by atoms with Crippen LogP contribution in [0.4, 0.5) is 8.78 Å². The third-order valence-corrected chi connectivity index (χ3v) is 4.17. The Morgan fingerprint density at radius 1 is 1.21 bits per heavy atom. The van der Waals surface area contributed by atoms with E-state index in [9.17, 15) is 8.78 Å². The molecule has 1 aliphatic heterocycles. The van der Waals surface area contributed by atoms with E-state index in [1.807, 2.05) is 31.2 Å². The van der Waals surface area contributed by atoms with Crippen molar-refractivity contribution in [3.63, 3.8) is 0 Å². The number of hydrogen-bond donors (Lipinski definition) is 2. The van der Waals surface area contributed by atoms with E-state index >= 15 is 0 Å². The Morgan fingerprint density at radius 3 is 2.75 bits per heavy atom. The summed E-state index contributed by atoms with van der Waals surface area (Å²) in [7, 11) is 1.63. The Bertz CT molecular complexity index is 830. The van der Waals surface area contributed by atoms with Gasteiger partial charge in [-0.1, -0.05) is 29.8 Å². The molecule has 0 saturated heterocycles. The van der Waals surface area contributed by atoms with Crippen LogP contribution in [0.5, 0.6) is 17.2 Å². The summed E-state index contributed by atoms with van der Waals surface area (Å²) in [6.45, 7) is 0.202. The molecule has 2 aromatic rings. The van der Waals surface area contributed by atoms with Crippen LogP contribution in [0, 0.1) is 6.92 Å². The van der Waals surface area contributed by atoms with Crippen molar-refractivity contribution in [2.75, 3.05) is 20.2 Å². The lowest BCUT2D eigenvalue weighted by molar-refractivity contribution is -0.0504. The van der Waals surface area contributed by atoms with Gasteiger partial charge >= 0.3 is 6.61 Å². The van der Waals surface area contributed by atoms with Gasteiger partial charge in [0.1, 0.15) is 18.5 Å². The molecule has 0 radical (unpaired) electrons. The quantitative estimate of drug-likeness (QED) is 0.585. The minimum absolute atomic E-state index is 0.143. The van der Waals surface area contributed by atoms with Gasteiger partial charge in [-0.15, -0.1) is 0 Å². The van der Waals surface area contributed by atoms with Crippen LogP contribution in [0.15, 0.2) is 47.5 Å². The molecule has 1 heterocycles. The molecule has 0 bridgehead atoms. The van der Waals surface area contributed by atoms with Crippen LogP contribution in [0.3, 0.4) is 0 Å². The van der Waals surface area contributed by atoms with Crippen LogP contribution >= 0.6 is 0 Å². The molecule has 2 aromatic carbocycles. The predicted molar refractivity (Wildman–Crippen MR) is 102 cm³/mol. The number of rotatable bonds is 6. The molecule has 0 saturated carbocycles. The summed E-state index contributed by atoms with van der Waals surface area (Å²) in [5.41, 5.74) is 1.57. The smallest absolute Gasteiger partial charge is 0.387 e. The third kappa shape index (κ3) is 5.25. The number of aryl methyl sites for hydroxylation is 1. The second-order valence-corrected chi connectivity index (χ2v) is 6.29. The van der Waals surface area contributed by atoms with Gasteiger partial charge in [-0.25, -0.2) is 0 Å². The number of hydrogen-bond acceptors (Lipinski definition) is 4. The van der Waals surface area contributed by atoms with Gasteiger partial charge in [-0.3, -0.25) is 4.99 Å². The van der Waals surface area contributed by atoms with Crippen LogP contribution in [0.1, 0.15) is 11.1 Å². The number of ether oxygens (including phenoxy) is 3. The van der Waals surface area contributed by atoms with Crippen LogP contribution in [0.25, 0.3) is 0 Å². The monoisotopic (exact) mass is 391 g/mol. The van der Waals surface area contributed by atoms with Gasteiger partial charge in [0.15, 0.2) is 17.5 Å². The lowest BCUT2D eigenvalue weighted by atomic mass is 10.1. The largest absolute Gasteiger partial charge is 0.486 e. The predicted octanol–water partition coefficient (Wildman–Crippen LogP) is 3.10. The summed E-state index contributed by atoms with van der Waals surface area (Å²) in [6.07, 6.45) is -0.176. The van der Waals surface area contributed by atoms with E-state index in [0.717, 1.165) is 11.3 Å². The maximum absolute atomic E-state index is 12.6. The zero-order valence-corrected chi connectivity index (χ0v) is 15.7. The van der Waals surface area contributed by atoms with Crippen molar-refractivity contribution in [2.45, 2.75) is 26.2 Å². The van der Waals surface area contributed by atoms with Gasteiger partial charge in [-0.2, -0.15) is 8.78 Å². The minimum Gasteiger partial charge on any atom is -0.486 e. The molecule has 0 aliphatic carbocycles. The van der Waals surface area contributed by atoms with Gasteiger partial charge < -0.3 is 24.8 Å². The van der Waals surface area contributed by atoms with Crippen LogP contribution in [-0.2, 0) is 6.54 Å². The van der Waals surface area contributed by atoms with Crippen LogP contribution in [-0.4, -0.2) is 38.9 Å². The van der Waals surface area contributed by atoms with Gasteiger partial charge in [-0.05, 0) is 25.1 Å². The number of nitrogens with zero attached hydrogens (tertiary/aromatic N) is 1. The number of alkyl halides is 2. The molecule has 0 aromatic heterocycles. The first kappa shape index (κ1) is 19.7. The van der Waals surface area contributed by atoms with Gasteiger partial charge in [0.2, 0.25) is 0 Å². The molecular formula is C20H23F2N3O3. The van der Waals surface area contributed by atoms with E-state index in [1.165, 1.54) is 0 Å². The lowest BCUT2D eigenvalue weighted by Crippen LogP contribution is -2.45. The number of nitrogens with one attached hydrogen (secondary N) is 2. The van der Waals surface area contributed by atoms with E-state index in [0.29, 0.717) is 30.4 Å². The van der Waals surface area contributed by atoms with E-state index in [-0.39, 0.29) is 18.4 Å². The summed E-state index contributed by atoms with van der Waals surface area (Å²) >= 11 is 0. The highest BCUT2D eigenvalue weighted by Gasteiger charge is 2.20. The highest BCUT2D eigenvalue weighted by atomic mass is 19.3. The molecule has 1 unspecified atom stereocenters. The highest BCUT2D eigenvalue weighted by Crippen LogP contribution is 2.30. The first-order valence-corrected chi connectivity index (χ1v) is 8.92. The lowest BCUT2D eigenvalue weighted by Gasteiger charge is -2.27. The number of halogens is 2. The number of aliphatic imine (C=N–C) groups is 1. The third-order valence-electron chi connectivity index (χ3n) is 4.17. The number of fused-ring (bicyclic) bond motifs is 1. The summed E-state index contributed by atoms with van der Waals surface area (Å²) < 4.78 is 41.4. The van der Waals surface area contributed by atoms with Crippen molar-refractivity contribution >= 4 is 5.96 Å². The van der Waals surface area contributed by atoms with E-state index in [2.05, 4.69) is 20.4 Å². The second-order valence-electron chi connectivity index (χ2n) is 6.29. The molecule has 150 valence electrons. The molecule has 0 amide bonds. The molecule has 0 spiro atoms. The topological polar surface area (TPSA) is 64.1 Å². The molecular weight excluding hydrogens is 368 g/mol. The Morgan fingerprint density at radius 2 is 2.00 bits per heavy atom. The van der Waals surface area contributed by atoms with E-state index < -0.39 is 6.61 Å². The maximum atomic E-state index is 12.6. The Hall–Kier alpha value is -3.03. The molecule has 28 heavy (non-hydrogen) atoms. The fourth-order valence-corrected chi connectivity index (χ4v) is 2.83. The van der Waals surface area contributed by atoms with E-state index in [1.54, 1.807) is 25.2 Å².